The summed E-state index contributed by atoms with van der Waals surface area (Å²) in [6.07, 6.45) is 10.1. The maximum atomic E-state index is 12.4. The molecule has 0 aliphatic carbocycles. The van der Waals surface area contributed by atoms with Gasteiger partial charge in [-0.05, 0) is 47.1 Å². The number of ether oxygens (including phenoxy) is 1. The van der Waals surface area contributed by atoms with E-state index in [1.165, 1.54) is 0 Å². The van der Waals surface area contributed by atoms with E-state index >= 15 is 0 Å². The monoisotopic (exact) mass is 279 g/mol. The van der Waals surface area contributed by atoms with E-state index in [9.17, 15) is 4.79 Å². The van der Waals surface area contributed by atoms with Crippen molar-refractivity contribution in [2.75, 3.05) is 0 Å². The quantitative estimate of drug-likeness (QED) is 0.574. The van der Waals surface area contributed by atoms with E-state index in [-0.39, 0.29) is 23.1 Å². The van der Waals surface area contributed by atoms with Crippen LogP contribution in [0, 0.1) is 0 Å². The second kappa shape index (κ2) is 6.47. The summed E-state index contributed by atoms with van der Waals surface area (Å²) in [4.78, 5) is 14.4. The van der Waals surface area contributed by atoms with Crippen LogP contribution < -0.4 is 0 Å². The summed E-state index contributed by atoms with van der Waals surface area (Å²) in [6, 6.07) is 0. The Morgan fingerprint density at radius 3 is 2.25 bits per heavy atom. The van der Waals surface area contributed by atoms with Crippen molar-refractivity contribution >= 4 is 5.91 Å². The Morgan fingerprint density at radius 2 is 1.80 bits per heavy atom. The van der Waals surface area contributed by atoms with Crippen LogP contribution in [0.1, 0.15) is 60.8 Å². The smallest absolute Gasteiger partial charge is 0.247 e. The molecule has 0 aromatic heterocycles. The SMILES string of the molecule is CC=CC(=O)N1C(C)(C)CC(OC=CCC)CC1(C)C. The van der Waals surface area contributed by atoms with E-state index in [0.717, 1.165) is 19.3 Å². The van der Waals surface area contributed by atoms with Crippen LogP contribution in [0.3, 0.4) is 0 Å². The van der Waals surface area contributed by atoms with Crippen LogP contribution in [0.4, 0.5) is 0 Å². The second-order valence-corrected chi connectivity index (χ2v) is 6.74. The molecular formula is C17H29NO2. The minimum Gasteiger partial charge on any atom is -0.498 e. The van der Waals surface area contributed by atoms with Crippen LogP contribution in [-0.4, -0.2) is 28.0 Å². The average Bonchev–Trinajstić information content (AvgIpc) is 2.26. The molecule has 114 valence electrons. The molecule has 1 fully saturated rings. The number of hydrogen-bond acceptors (Lipinski definition) is 2. The van der Waals surface area contributed by atoms with Gasteiger partial charge >= 0.3 is 0 Å². The lowest BCUT2D eigenvalue weighted by atomic mass is 9.78. The zero-order chi connectivity index (χ0) is 15.4. The molecule has 1 aliphatic rings. The molecule has 3 nitrogen and oxygen atoms in total. The van der Waals surface area contributed by atoms with Gasteiger partial charge in [0.15, 0.2) is 0 Å². The maximum Gasteiger partial charge on any atom is 0.247 e. The van der Waals surface area contributed by atoms with E-state index in [0.29, 0.717) is 0 Å². The van der Waals surface area contributed by atoms with E-state index in [1.54, 1.807) is 18.4 Å². The summed E-state index contributed by atoms with van der Waals surface area (Å²) in [7, 11) is 0. The maximum absolute atomic E-state index is 12.4. The molecule has 1 heterocycles. The predicted molar refractivity (Wildman–Crippen MR) is 83.4 cm³/mol. The fourth-order valence-electron chi connectivity index (χ4n) is 3.36. The van der Waals surface area contributed by atoms with Gasteiger partial charge in [0, 0.05) is 23.9 Å². The van der Waals surface area contributed by atoms with E-state index in [2.05, 4.69) is 34.6 Å². The van der Waals surface area contributed by atoms with Crippen molar-refractivity contribution < 1.29 is 9.53 Å². The lowest BCUT2D eigenvalue weighted by Crippen LogP contribution is -2.63. The fourth-order valence-corrected chi connectivity index (χ4v) is 3.36. The molecule has 0 unspecified atom stereocenters. The number of amides is 1. The van der Waals surface area contributed by atoms with E-state index < -0.39 is 0 Å². The molecule has 0 saturated carbocycles. The van der Waals surface area contributed by atoms with E-state index in [4.69, 9.17) is 4.74 Å². The Kier molecular flexibility index (Phi) is 5.43. The highest BCUT2D eigenvalue weighted by atomic mass is 16.5. The van der Waals surface area contributed by atoms with Crippen LogP contribution in [0.5, 0.6) is 0 Å². The van der Waals surface area contributed by atoms with Crippen molar-refractivity contribution in [2.24, 2.45) is 0 Å². The Bertz CT molecular complexity index is 376. The summed E-state index contributed by atoms with van der Waals surface area (Å²) >= 11 is 0. The number of hydrogen-bond donors (Lipinski definition) is 0. The van der Waals surface area contributed by atoms with Gasteiger partial charge in [0.2, 0.25) is 5.91 Å². The number of nitrogens with zero attached hydrogens (tertiary/aromatic N) is 1. The summed E-state index contributed by atoms with van der Waals surface area (Å²) < 4.78 is 5.85. The van der Waals surface area contributed by atoms with Crippen molar-refractivity contribution in [1.82, 2.24) is 4.90 Å². The van der Waals surface area contributed by atoms with Crippen LogP contribution in [0.2, 0.25) is 0 Å². The molecular weight excluding hydrogens is 250 g/mol. The minimum atomic E-state index is -0.205. The first kappa shape index (κ1) is 16.8. The second-order valence-electron chi connectivity index (χ2n) is 6.74. The number of piperidine rings is 1. The van der Waals surface area contributed by atoms with Gasteiger partial charge in [0.05, 0.1) is 6.26 Å². The first-order valence-corrected chi connectivity index (χ1v) is 7.52. The molecule has 20 heavy (non-hydrogen) atoms. The number of carbonyl (C=O) groups is 1. The lowest BCUT2D eigenvalue weighted by molar-refractivity contribution is -0.149. The Morgan fingerprint density at radius 1 is 1.25 bits per heavy atom. The molecule has 0 spiro atoms. The summed E-state index contributed by atoms with van der Waals surface area (Å²) in [5.41, 5.74) is -0.411. The van der Waals surface area contributed by atoms with Gasteiger partial charge in [-0.1, -0.05) is 19.1 Å². The first-order chi connectivity index (χ1) is 9.24. The molecule has 0 N–H and O–H groups in total. The highest BCUT2D eigenvalue weighted by Gasteiger charge is 2.47. The molecule has 1 amide bonds. The molecule has 0 atom stereocenters. The van der Waals surface area contributed by atoms with E-state index in [1.807, 2.05) is 17.9 Å². The fraction of sp³-hybridized carbons (Fsp3) is 0.706. The van der Waals surface area contributed by atoms with Crippen LogP contribution in [-0.2, 0) is 9.53 Å². The molecule has 1 aliphatic heterocycles. The average molecular weight is 279 g/mol. The van der Waals surface area contributed by atoms with Crippen LogP contribution in [0.25, 0.3) is 0 Å². The third kappa shape index (κ3) is 3.87. The molecule has 0 aromatic carbocycles. The van der Waals surface area contributed by atoms with Crippen molar-refractivity contribution in [3.05, 3.63) is 24.5 Å². The van der Waals surface area contributed by atoms with Crippen LogP contribution in [0.15, 0.2) is 24.5 Å². The molecule has 1 rings (SSSR count). The minimum absolute atomic E-state index is 0.0880. The zero-order valence-electron chi connectivity index (χ0n) is 13.8. The highest BCUT2D eigenvalue weighted by molar-refractivity contribution is 5.88. The molecule has 0 aromatic rings. The number of carbonyl (C=O) groups excluding carboxylic acids is 1. The van der Waals surface area contributed by atoms with Crippen LogP contribution >= 0.6 is 0 Å². The number of likely N-dealkylation sites (tertiary alicyclic amines) is 1. The third-order valence-corrected chi connectivity index (χ3v) is 3.80. The summed E-state index contributed by atoms with van der Waals surface area (Å²) in [5, 5.41) is 0. The molecule has 0 radical (unpaired) electrons. The van der Waals surface area contributed by atoms with Gasteiger partial charge in [-0.15, -0.1) is 0 Å². The topological polar surface area (TPSA) is 29.5 Å². The Balaban J connectivity index is 2.92. The van der Waals surface area contributed by atoms with Gasteiger partial charge in [-0.3, -0.25) is 4.79 Å². The normalized spacial score (nSPS) is 22.6. The number of allylic oxidation sites excluding steroid dienone is 2. The largest absolute Gasteiger partial charge is 0.498 e. The highest BCUT2D eigenvalue weighted by Crippen LogP contribution is 2.39. The predicted octanol–water partition coefficient (Wildman–Crippen LogP) is 4.05. The van der Waals surface area contributed by atoms with Gasteiger partial charge in [0.1, 0.15) is 6.10 Å². The molecule has 0 bridgehead atoms. The molecule has 1 saturated heterocycles. The van der Waals surface area contributed by atoms with Gasteiger partial charge in [-0.2, -0.15) is 0 Å². The third-order valence-electron chi connectivity index (χ3n) is 3.80. The zero-order valence-corrected chi connectivity index (χ0v) is 13.8. The van der Waals surface area contributed by atoms with Gasteiger partial charge in [-0.25, -0.2) is 0 Å². The Labute approximate surface area is 123 Å². The van der Waals surface area contributed by atoms with Gasteiger partial charge < -0.3 is 9.64 Å². The summed E-state index contributed by atoms with van der Waals surface area (Å²) in [6.45, 7) is 12.4. The Hall–Kier alpha value is -1.25. The van der Waals surface area contributed by atoms with Crippen molar-refractivity contribution in [3.8, 4) is 0 Å². The van der Waals surface area contributed by atoms with Crippen molar-refractivity contribution in [2.45, 2.75) is 78.0 Å². The first-order valence-electron chi connectivity index (χ1n) is 7.52. The number of rotatable bonds is 4. The molecule has 3 heteroatoms. The lowest BCUT2D eigenvalue weighted by Gasteiger charge is -2.54. The summed E-state index contributed by atoms with van der Waals surface area (Å²) in [5.74, 6) is 0.0880. The standard InChI is InChI=1S/C17H29NO2/c1-7-9-11-20-14-12-16(3,4)18(15(19)10-8-2)17(5,6)13-14/h8-11,14H,7,12-13H2,1-6H3. The van der Waals surface area contributed by atoms with Crippen molar-refractivity contribution in [3.63, 3.8) is 0 Å². The van der Waals surface area contributed by atoms with Gasteiger partial charge in [0.25, 0.3) is 0 Å². The van der Waals surface area contributed by atoms with Crippen molar-refractivity contribution in [1.29, 1.82) is 0 Å².